The zero-order chi connectivity index (χ0) is 28.2. The highest BCUT2D eigenvalue weighted by Gasteiger charge is 2.04. The van der Waals surface area contributed by atoms with Crippen LogP contribution in [0.5, 0.6) is 0 Å². The van der Waals surface area contributed by atoms with Crippen LogP contribution in [0.4, 0.5) is 15.8 Å². The van der Waals surface area contributed by atoms with Gasteiger partial charge in [0.25, 0.3) is 0 Å². The molecule has 1 heterocycles. The number of benzene rings is 3. The number of rotatable bonds is 7. The molecule has 0 bridgehead atoms. The average Bonchev–Trinajstić information content (AvgIpc) is 2.97. The Balaban J connectivity index is 0.000000331. The van der Waals surface area contributed by atoms with Crippen LogP contribution in [0.15, 0.2) is 91.5 Å². The molecule has 0 aliphatic carbocycles. The summed E-state index contributed by atoms with van der Waals surface area (Å²) in [5.41, 5.74) is 4.14. The highest BCUT2D eigenvalue weighted by atomic mass is 19.1. The van der Waals surface area contributed by atoms with Gasteiger partial charge in [-0.15, -0.1) is 0 Å². The number of carbonyl (C=O) groups excluding carboxylic acids is 3. The molecule has 4 rings (SSSR count). The number of anilines is 2. The first-order valence-electron chi connectivity index (χ1n) is 11.7. The molecule has 0 fully saturated rings. The van der Waals surface area contributed by atoms with Crippen LogP contribution < -0.4 is 16.0 Å². The van der Waals surface area contributed by atoms with E-state index in [0.717, 1.165) is 40.6 Å². The third-order valence-corrected chi connectivity index (χ3v) is 4.84. The minimum absolute atomic E-state index is 0.207. The molecule has 0 atom stereocenters. The van der Waals surface area contributed by atoms with Crippen LogP contribution in [0.1, 0.15) is 10.5 Å². The number of pyridine rings is 1. The molecule has 198 valence electrons. The fraction of sp³-hybridized carbons (Fsp3) is 0.133. The minimum atomic E-state index is -0.207. The van der Waals surface area contributed by atoms with Crippen molar-refractivity contribution in [3.63, 3.8) is 0 Å². The maximum atomic E-state index is 12.3. The first kappa shape index (κ1) is 31.3. The summed E-state index contributed by atoms with van der Waals surface area (Å²) in [5, 5.41) is 11.0. The lowest BCUT2D eigenvalue weighted by Gasteiger charge is -2.08. The van der Waals surface area contributed by atoms with Crippen molar-refractivity contribution in [1.29, 1.82) is 0 Å². The Kier molecular flexibility index (Phi) is 15.3. The molecule has 0 amide bonds. The van der Waals surface area contributed by atoms with Crippen LogP contribution >= 0.6 is 0 Å². The van der Waals surface area contributed by atoms with Crippen molar-refractivity contribution in [2.75, 3.05) is 38.3 Å². The van der Waals surface area contributed by atoms with Gasteiger partial charge in [0.1, 0.15) is 24.1 Å². The van der Waals surface area contributed by atoms with Gasteiger partial charge in [-0.05, 0) is 61.0 Å². The SMILES string of the molecule is C=CC=O.CNCC=O.CNc1cccc(F)c1.CNc1cccc2ccc(-c3cccc(C=O)n3)cc12. The Bertz CT molecular complexity index is 1310. The molecule has 3 N–H and O–H groups in total. The van der Waals surface area contributed by atoms with Crippen molar-refractivity contribution in [2.45, 2.75) is 0 Å². The van der Waals surface area contributed by atoms with Crippen molar-refractivity contribution < 1.29 is 18.8 Å². The number of fused-ring (bicyclic) bond motifs is 1. The number of halogens is 1. The Morgan fingerprint density at radius 2 is 1.58 bits per heavy atom. The molecule has 38 heavy (non-hydrogen) atoms. The van der Waals surface area contributed by atoms with Crippen LogP contribution in [-0.4, -0.2) is 51.5 Å². The van der Waals surface area contributed by atoms with Crippen LogP contribution in [0, 0.1) is 5.82 Å². The van der Waals surface area contributed by atoms with E-state index >= 15 is 0 Å². The number of carbonyl (C=O) groups is 3. The van der Waals surface area contributed by atoms with E-state index in [0.29, 0.717) is 18.5 Å². The Morgan fingerprint density at radius 3 is 2.11 bits per heavy atom. The number of likely N-dealkylation sites (N-methyl/N-ethyl adjacent to an activating group) is 1. The maximum absolute atomic E-state index is 12.3. The molecule has 8 heteroatoms. The number of allylic oxidation sites excluding steroid dienone is 1. The lowest BCUT2D eigenvalue weighted by molar-refractivity contribution is -0.107. The lowest BCUT2D eigenvalue weighted by Crippen LogP contribution is -2.07. The highest BCUT2D eigenvalue weighted by Crippen LogP contribution is 2.28. The van der Waals surface area contributed by atoms with E-state index in [-0.39, 0.29) is 5.82 Å². The summed E-state index contributed by atoms with van der Waals surface area (Å²) < 4.78 is 12.3. The molecular formula is C30H33FN4O3. The zero-order valence-electron chi connectivity index (χ0n) is 21.8. The third-order valence-electron chi connectivity index (χ3n) is 4.84. The van der Waals surface area contributed by atoms with Gasteiger partial charge in [-0.25, -0.2) is 9.37 Å². The molecule has 3 aromatic carbocycles. The van der Waals surface area contributed by atoms with Crippen molar-refractivity contribution >= 4 is 41.0 Å². The minimum Gasteiger partial charge on any atom is -0.388 e. The van der Waals surface area contributed by atoms with E-state index in [1.165, 1.54) is 23.6 Å². The van der Waals surface area contributed by atoms with Gasteiger partial charge in [0, 0.05) is 36.4 Å². The summed E-state index contributed by atoms with van der Waals surface area (Å²) >= 11 is 0. The molecule has 0 aliphatic heterocycles. The molecule has 0 saturated carbocycles. The maximum Gasteiger partial charge on any atom is 0.168 e. The number of aromatic nitrogens is 1. The average molecular weight is 517 g/mol. The normalized spacial score (nSPS) is 9.16. The predicted octanol–water partition coefficient (Wildman–Crippen LogP) is 5.40. The van der Waals surface area contributed by atoms with Crippen LogP contribution in [-0.2, 0) is 9.59 Å². The molecule has 0 spiro atoms. The molecular weight excluding hydrogens is 483 g/mol. The second kappa shape index (κ2) is 18.6. The summed E-state index contributed by atoms with van der Waals surface area (Å²) in [5.74, 6) is -0.207. The van der Waals surface area contributed by atoms with E-state index in [9.17, 15) is 14.0 Å². The monoisotopic (exact) mass is 516 g/mol. The first-order chi connectivity index (χ1) is 18.5. The molecule has 0 aliphatic rings. The number of hydrogen-bond donors (Lipinski definition) is 3. The van der Waals surface area contributed by atoms with Gasteiger partial charge in [-0.3, -0.25) is 9.59 Å². The van der Waals surface area contributed by atoms with Crippen molar-refractivity contribution in [3.05, 3.63) is 103 Å². The van der Waals surface area contributed by atoms with E-state index in [2.05, 4.69) is 45.7 Å². The molecule has 1 aromatic heterocycles. The van der Waals surface area contributed by atoms with Crippen molar-refractivity contribution in [3.8, 4) is 11.3 Å². The largest absolute Gasteiger partial charge is 0.388 e. The number of nitrogens with zero attached hydrogens (tertiary/aromatic N) is 1. The van der Waals surface area contributed by atoms with Crippen molar-refractivity contribution in [2.24, 2.45) is 0 Å². The molecule has 4 aromatic rings. The molecule has 0 radical (unpaired) electrons. The van der Waals surface area contributed by atoms with Crippen LogP contribution in [0.25, 0.3) is 22.0 Å². The predicted molar refractivity (Wildman–Crippen MR) is 154 cm³/mol. The summed E-state index contributed by atoms with van der Waals surface area (Å²) in [4.78, 5) is 33.6. The Labute approximate surface area is 222 Å². The summed E-state index contributed by atoms with van der Waals surface area (Å²) in [6.07, 6.45) is 3.42. The number of aldehydes is 3. The van der Waals surface area contributed by atoms with Crippen LogP contribution in [0.3, 0.4) is 0 Å². The molecule has 7 nitrogen and oxygen atoms in total. The third kappa shape index (κ3) is 10.9. The standard InChI is InChI=1S/C17H14N2O.C7H8FN.C3H7NO.C3H4O/c1-18-17-7-2-4-12-8-9-13(10-15(12)17)16-6-3-5-14(11-20)19-16;1-9-7-4-2-3-6(8)5-7;1-4-2-3-5;1-2-3-4/h2-11,18H,1H3;2-5,9H,1H3;3-4H,2H2,1H3;2-3H,1H2. The Hall–Kier alpha value is -4.69. The van der Waals surface area contributed by atoms with Gasteiger partial charge >= 0.3 is 0 Å². The second-order valence-electron chi connectivity index (χ2n) is 7.41. The summed E-state index contributed by atoms with van der Waals surface area (Å²) in [6.45, 7) is 3.57. The second-order valence-corrected chi connectivity index (χ2v) is 7.41. The van der Waals surface area contributed by atoms with Gasteiger partial charge in [0.2, 0.25) is 0 Å². The van der Waals surface area contributed by atoms with E-state index in [1.54, 1.807) is 26.2 Å². The Morgan fingerprint density at radius 1 is 0.868 bits per heavy atom. The van der Waals surface area contributed by atoms with E-state index < -0.39 is 0 Å². The fourth-order valence-corrected chi connectivity index (χ4v) is 3.06. The topological polar surface area (TPSA) is 100 Å². The van der Waals surface area contributed by atoms with Gasteiger partial charge in [-0.2, -0.15) is 0 Å². The lowest BCUT2D eigenvalue weighted by atomic mass is 10.0. The van der Waals surface area contributed by atoms with Crippen LogP contribution in [0.2, 0.25) is 0 Å². The van der Waals surface area contributed by atoms with E-state index in [1.807, 2.05) is 43.4 Å². The highest BCUT2D eigenvalue weighted by molar-refractivity contribution is 5.96. The quantitative estimate of drug-likeness (QED) is 0.223. The van der Waals surface area contributed by atoms with Gasteiger partial charge in [0.15, 0.2) is 6.29 Å². The summed E-state index contributed by atoms with van der Waals surface area (Å²) in [7, 11) is 5.40. The van der Waals surface area contributed by atoms with Gasteiger partial charge in [-0.1, -0.05) is 43.0 Å². The number of nitrogens with one attached hydrogen (secondary N) is 3. The number of hydrogen-bond acceptors (Lipinski definition) is 7. The fourth-order valence-electron chi connectivity index (χ4n) is 3.06. The molecule has 0 saturated heterocycles. The zero-order valence-corrected chi connectivity index (χ0v) is 21.8. The first-order valence-corrected chi connectivity index (χ1v) is 11.7. The van der Waals surface area contributed by atoms with Gasteiger partial charge in [0.05, 0.1) is 12.2 Å². The van der Waals surface area contributed by atoms with Gasteiger partial charge < -0.3 is 20.7 Å². The summed E-state index contributed by atoms with van der Waals surface area (Å²) in [6, 6.07) is 24.1. The van der Waals surface area contributed by atoms with E-state index in [4.69, 9.17) is 4.79 Å². The molecule has 0 unspecified atom stereocenters. The smallest absolute Gasteiger partial charge is 0.168 e. The van der Waals surface area contributed by atoms with Crippen molar-refractivity contribution in [1.82, 2.24) is 10.3 Å².